The van der Waals surface area contributed by atoms with Gasteiger partial charge in [-0.15, -0.1) is 0 Å². The van der Waals surface area contributed by atoms with Crippen molar-refractivity contribution in [2.45, 2.75) is 414 Å². The lowest BCUT2D eigenvalue weighted by Gasteiger charge is -2.21. The highest BCUT2D eigenvalue weighted by Gasteiger charge is 2.30. The van der Waals surface area contributed by atoms with Gasteiger partial charge in [0.25, 0.3) is 0 Å². The van der Waals surface area contributed by atoms with E-state index in [0.717, 1.165) is 108 Å². The van der Waals surface area contributed by atoms with Gasteiger partial charge in [0.1, 0.15) is 19.3 Å². The van der Waals surface area contributed by atoms with Gasteiger partial charge in [-0.25, -0.2) is 9.13 Å². The predicted octanol–water partition coefficient (Wildman–Crippen LogP) is 22.6. The summed E-state index contributed by atoms with van der Waals surface area (Å²) < 4.78 is 68.6. The molecule has 0 aliphatic heterocycles. The molecule has 0 radical (unpaired) electrons. The van der Waals surface area contributed by atoms with Gasteiger partial charge in [0.15, 0.2) is 12.2 Å². The number of hydrogen-bond donors (Lipinski definition) is 3. The van der Waals surface area contributed by atoms with Gasteiger partial charge in [-0.3, -0.25) is 37.3 Å². The van der Waals surface area contributed by atoms with E-state index in [-0.39, 0.29) is 25.7 Å². The van der Waals surface area contributed by atoms with Crippen LogP contribution in [-0.2, 0) is 65.4 Å². The number of carbonyl (C=O) groups excluding carboxylic acids is 4. The number of phosphoric ester groups is 2. The molecule has 0 aliphatic carbocycles. The molecule has 0 rings (SSSR count). The average Bonchev–Trinajstić information content (AvgIpc) is 1.75. The van der Waals surface area contributed by atoms with Gasteiger partial charge >= 0.3 is 39.5 Å². The molecular weight excluding hydrogens is 1260 g/mol. The van der Waals surface area contributed by atoms with Crippen LogP contribution < -0.4 is 0 Å². The first-order valence-electron chi connectivity index (χ1n) is 39.9. The second kappa shape index (κ2) is 67.5. The molecule has 0 aromatic rings. The fraction of sp³-hybridized carbons (Fsp3) is 0.948. The van der Waals surface area contributed by atoms with Crippen molar-refractivity contribution in [1.29, 1.82) is 0 Å². The van der Waals surface area contributed by atoms with Gasteiger partial charge in [-0.1, -0.05) is 344 Å². The number of esters is 4. The molecule has 570 valence electrons. The topological polar surface area (TPSA) is 237 Å². The Hall–Kier alpha value is -1.94. The average molecular weight is 1410 g/mol. The van der Waals surface area contributed by atoms with E-state index >= 15 is 0 Å². The third-order valence-electron chi connectivity index (χ3n) is 18.2. The Morgan fingerprint density at radius 1 is 0.302 bits per heavy atom. The van der Waals surface area contributed by atoms with Crippen LogP contribution >= 0.6 is 15.6 Å². The Bertz CT molecular complexity index is 1870. The molecule has 0 amide bonds. The number of aliphatic hydroxyl groups is 1. The van der Waals surface area contributed by atoms with Crippen LogP contribution in [0.5, 0.6) is 0 Å². The van der Waals surface area contributed by atoms with Crippen molar-refractivity contribution in [3.05, 3.63) is 0 Å². The molecular formula is C77H150O17P2. The standard InChI is InChI=1S/C77H150O17P2/c1-8-10-11-12-13-14-30-37-44-51-58-74(79)87-64-72(94-77(82)61-54-47-40-33-26-25-28-35-42-49-56-69(5)6)66-91-95(83,84)89-62-71(78)63-90-96(85,86)92-67-73(65-88-75(80)59-52-45-38-31-23-20-19-21-27-34-41-48-55-68(3)4)93-76(81)60-53-46-39-32-24-18-16-15-17-22-29-36-43-50-57-70(7)9-2/h68-73,78H,8-67H2,1-7H3,(H,83,84)(H,85,86)/t70?,71-,72+,73+/m0/s1. The summed E-state index contributed by atoms with van der Waals surface area (Å²) in [5, 5.41) is 10.6. The molecule has 0 aliphatic rings. The third-order valence-corrected chi connectivity index (χ3v) is 20.1. The summed E-state index contributed by atoms with van der Waals surface area (Å²) in [6, 6.07) is 0. The molecule has 0 saturated heterocycles. The number of unbranched alkanes of at least 4 members (excludes halogenated alkanes) is 42. The molecule has 17 nitrogen and oxygen atoms in total. The van der Waals surface area contributed by atoms with Crippen LogP contribution in [0.15, 0.2) is 0 Å². The van der Waals surface area contributed by atoms with Crippen LogP contribution in [0.4, 0.5) is 0 Å². The summed E-state index contributed by atoms with van der Waals surface area (Å²) in [5.74, 6) is 0.264. The summed E-state index contributed by atoms with van der Waals surface area (Å²) in [4.78, 5) is 72.8. The van der Waals surface area contributed by atoms with Gasteiger partial charge in [-0.05, 0) is 43.4 Å². The predicted molar refractivity (Wildman–Crippen MR) is 391 cm³/mol. The quantitative estimate of drug-likeness (QED) is 0.0222. The fourth-order valence-corrected chi connectivity index (χ4v) is 13.3. The molecule has 0 aromatic carbocycles. The van der Waals surface area contributed by atoms with E-state index in [1.807, 2.05) is 0 Å². The monoisotopic (exact) mass is 1410 g/mol. The molecule has 96 heavy (non-hydrogen) atoms. The van der Waals surface area contributed by atoms with E-state index in [9.17, 15) is 43.2 Å². The van der Waals surface area contributed by atoms with E-state index in [0.29, 0.717) is 25.7 Å². The van der Waals surface area contributed by atoms with Crippen molar-refractivity contribution in [2.75, 3.05) is 39.6 Å². The summed E-state index contributed by atoms with van der Waals surface area (Å²) in [5.41, 5.74) is 0. The zero-order chi connectivity index (χ0) is 70.9. The molecule has 0 bridgehead atoms. The minimum Gasteiger partial charge on any atom is -0.462 e. The Morgan fingerprint density at radius 2 is 0.531 bits per heavy atom. The molecule has 0 aromatic heterocycles. The maximum Gasteiger partial charge on any atom is 0.472 e. The van der Waals surface area contributed by atoms with E-state index in [4.69, 9.17) is 37.0 Å². The molecule has 0 saturated carbocycles. The van der Waals surface area contributed by atoms with E-state index in [1.165, 1.54) is 205 Å². The normalized spacial score (nSPS) is 14.3. The second-order valence-electron chi connectivity index (χ2n) is 28.9. The van der Waals surface area contributed by atoms with Crippen molar-refractivity contribution in [2.24, 2.45) is 17.8 Å². The highest BCUT2D eigenvalue weighted by Crippen LogP contribution is 2.45. The van der Waals surface area contributed by atoms with Gasteiger partial charge in [0, 0.05) is 25.7 Å². The molecule has 6 atom stereocenters. The minimum absolute atomic E-state index is 0.106. The van der Waals surface area contributed by atoms with Crippen molar-refractivity contribution < 1.29 is 80.2 Å². The lowest BCUT2D eigenvalue weighted by Crippen LogP contribution is -2.30. The van der Waals surface area contributed by atoms with Crippen LogP contribution in [0.2, 0.25) is 0 Å². The summed E-state index contributed by atoms with van der Waals surface area (Å²) in [6.07, 6.45) is 53.9. The van der Waals surface area contributed by atoms with Crippen molar-refractivity contribution in [1.82, 2.24) is 0 Å². The fourth-order valence-electron chi connectivity index (χ4n) is 11.7. The smallest absolute Gasteiger partial charge is 0.462 e. The molecule has 3 unspecified atom stereocenters. The van der Waals surface area contributed by atoms with Crippen molar-refractivity contribution >= 4 is 39.5 Å². The van der Waals surface area contributed by atoms with Gasteiger partial charge < -0.3 is 33.8 Å². The van der Waals surface area contributed by atoms with Crippen LogP contribution in [0.3, 0.4) is 0 Å². The largest absolute Gasteiger partial charge is 0.472 e. The SMILES string of the molecule is CCCCCCCCCCCCC(=O)OC[C@H](COP(=O)(O)OC[C@H](O)COP(=O)(O)OC[C@@H](COC(=O)CCCCCCCCCCCCCCC(C)C)OC(=O)CCCCCCCCCCCCCCCCC(C)CC)OC(=O)CCCCCCCCCCCCC(C)C. The molecule has 3 N–H and O–H groups in total. The Morgan fingerprint density at radius 3 is 0.792 bits per heavy atom. The van der Waals surface area contributed by atoms with Crippen LogP contribution in [-0.4, -0.2) is 96.7 Å². The summed E-state index contributed by atoms with van der Waals surface area (Å²) in [7, 11) is -9.91. The maximum absolute atomic E-state index is 13.1. The van der Waals surface area contributed by atoms with E-state index in [1.54, 1.807) is 0 Å². The lowest BCUT2D eigenvalue weighted by molar-refractivity contribution is -0.161. The van der Waals surface area contributed by atoms with Gasteiger partial charge in [-0.2, -0.15) is 0 Å². The number of aliphatic hydroxyl groups excluding tert-OH is 1. The number of phosphoric acid groups is 2. The number of rotatable bonds is 75. The lowest BCUT2D eigenvalue weighted by atomic mass is 9.99. The number of hydrogen-bond acceptors (Lipinski definition) is 15. The summed E-state index contributed by atoms with van der Waals surface area (Å²) in [6.45, 7) is 12.0. The first-order chi connectivity index (χ1) is 46.3. The zero-order valence-corrected chi connectivity index (χ0v) is 64.6. The molecule has 0 spiro atoms. The van der Waals surface area contributed by atoms with Crippen molar-refractivity contribution in [3.63, 3.8) is 0 Å². The molecule has 19 heteroatoms. The highest BCUT2D eigenvalue weighted by atomic mass is 31.2. The number of carbonyl (C=O) groups is 4. The first-order valence-corrected chi connectivity index (χ1v) is 42.9. The Kier molecular flexibility index (Phi) is 66.2. The van der Waals surface area contributed by atoms with Gasteiger partial charge in [0.2, 0.25) is 0 Å². The first kappa shape index (κ1) is 94.1. The van der Waals surface area contributed by atoms with Crippen LogP contribution in [0, 0.1) is 17.8 Å². The Labute approximate surface area is 588 Å². The van der Waals surface area contributed by atoms with Crippen molar-refractivity contribution in [3.8, 4) is 0 Å². The maximum atomic E-state index is 13.1. The second-order valence-corrected chi connectivity index (χ2v) is 31.8. The molecule has 0 heterocycles. The third kappa shape index (κ3) is 69.2. The summed E-state index contributed by atoms with van der Waals surface area (Å²) >= 11 is 0. The van der Waals surface area contributed by atoms with Crippen LogP contribution in [0.1, 0.15) is 395 Å². The zero-order valence-electron chi connectivity index (χ0n) is 62.8. The van der Waals surface area contributed by atoms with E-state index in [2.05, 4.69) is 48.5 Å². The minimum atomic E-state index is -4.96. The highest BCUT2D eigenvalue weighted by molar-refractivity contribution is 7.47. The van der Waals surface area contributed by atoms with Gasteiger partial charge in [0.05, 0.1) is 26.4 Å². The van der Waals surface area contributed by atoms with E-state index < -0.39 is 97.5 Å². The van der Waals surface area contributed by atoms with Crippen LogP contribution in [0.25, 0.3) is 0 Å². The molecule has 0 fully saturated rings. The number of ether oxygens (including phenoxy) is 4. The Balaban J connectivity index is 5.25.